The van der Waals surface area contributed by atoms with Crippen molar-refractivity contribution in [1.82, 2.24) is 0 Å². The molecule has 0 bridgehead atoms. The molecule has 0 saturated heterocycles. The zero-order chi connectivity index (χ0) is 11.5. The van der Waals surface area contributed by atoms with E-state index in [4.69, 9.17) is 4.74 Å². The van der Waals surface area contributed by atoms with Crippen LogP contribution in [0.2, 0.25) is 0 Å². The molecule has 4 heteroatoms. The van der Waals surface area contributed by atoms with Crippen molar-refractivity contribution in [2.24, 2.45) is 0 Å². The van der Waals surface area contributed by atoms with Gasteiger partial charge in [-0.1, -0.05) is 15.9 Å². The van der Waals surface area contributed by atoms with Crippen LogP contribution in [0.15, 0.2) is 22.7 Å². The number of amides is 1. The van der Waals surface area contributed by atoms with Gasteiger partial charge in [0.15, 0.2) is 0 Å². The third-order valence-electron chi connectivity index (χ3n) is 1.40. The van der Waals surface area contributed by atoms with Crippen LogP contribution in [0.4, 0.5) is 10.5 Å². The smallest absolute Gasteiger partial charge is 0.412 e. The van der Waals surface area contributed by atoms with Crippen LogP contribution in [0.25, 0.3) is 0 Å². The van der Waals surface area contributed by atoms with Gasteiger partial charge in [-0.3, -0.25) is 5.32 Å². The van der Waals surface area contributed by atoms with Gasteiger partial charge in [0.1, 0.15) is 5.60 Å². The largest absolute Gasteiger partial charge is 0.444 e. The van der Waals surface area contributed by atoms with E-state index in [0.29, 0.717) is 5.69 Å². The SMILES string of the molecule is CC(C)(C)OC(=O)Nc1c[c]cc(Br)c1. The Labute approximate surface area is 97.9 Å². The maximum atomic E-state index is 11.4. The number of rotatable bonds is 1. The van der Waals surface area contributed by atoms with Crippen molar-refractivity contribution in [3.8, 4) is 0 Å². The Bertz CT molecular complexity index is 358. The van der Waals surface area contributed by atoms with E-state index in [1.54, 1.807) is 18.2 Å². The molecule has 0 aliphatic heterocycles. The highest BCUT2D eigenvalue weighted by atomic mass is 79.9. The summed E-state index contributed by atoms with van der Waals surface area (Å²) in [5, 5.41) is 2.62. The second-order valence-corrected chi connectivity index (χ2v) is 4.98. The fourth-order valence-electron chi connectivity index (χ4n) is 0.937. The van der Waals surface area contributed by atoms with Gasteiger partial charge >= 0.3 is 6.09 Å². The molecule has 0 unspecified atom stereocenters. The Kier molecular flexibility index (Phi) is 3.74. The van der Waals surface area contributed by atoms with Crippen LogP contribution >= 0.6 is 15.9 Å². The molecule has 1 aromatic rings. The number of carbonyl (C=O) groups excluding carboxylic acids is 1. The number of hydrogen-bond acceptors (Lipinski definition) is 2. The number of nitrogens with one attached hydrogen (secondary N) is 1. The summed E-state index contributed by atoms with van der Waals surface area (Å²) < 4.78 is 5.96. The third-order valence-corrected chi connectivity index (χ3v) is 1.86. The van der Waals surface area contributed by atoms with Gasteiger partial charge in [0.05, 0.1) is 0 Å². The Balaban J connectivity index is 2.59. The Morgan fingerprint density at radius 1 is 1.47 bits per heavy atom. The van der Waals surface area contributed by atoms with Gasteiger partial charge in [0.25, 0.3) is 0 Å². The van der Waals surface area contributed by atoms with Crippen molar-refractivity contribution in [2.75, 3.05) is 5.32 Å². The maximum absolute atomic E-state index is 11.4. The lowest BCUT2D eigenvalue weighted by atomic mass is 10.2. The monoisotopic (exact) mass is 270 g/mol. The normalized spacial score (nSPS) is 10.9. The van der Waals surface area contributed by atoms with E-state index < -0.39 is 11.7 Å². The number of hydrogen-bond donors (Lipinski definition) is 1. The molecule has 0 fully saturated rings. The lowest BCUT2D eigenvalue weighted by Gasteiger charge is -2.19. The quantitative estimate of drug-likeness (QED) is 0.847. The second-order valence-electron chi connectivity index (χ2n) is 4.07. The Morgan fingerprint density at radius 2 is 2.13 bits per heavy atom. The molecule has 1 aromatic carbocycles. The average Bonchev–Trinajstić information content (AvgIpc) is 1.99. The molecule has 0 spiro atoms. The number of carbonyl (C=O) groups is 1. The lowest BCUT2D eigenvalue weighted by Crippen LogP contribution is -2.27. The Morgan fingerprint density at radius 3 is 2.67 bits per heavy atom. The van der Waals surface area contributed by atoms with Gasteiger partial charge in [0, 0.05) is 10.2 Å². The first-order valence-electron chi connectivity index (χ1n) is 4.53. The molecule has 1 N–H and O–H groups in total. The standard InChI is InChI=1S/C11H13BrNO2/c1-11(2,3)15-10(14)13-9-6-4-5-8(12)7-9/h5-7H,1-3H3,(H,13,14). The summed E-state index contributed by atoms with van der Waals surface area (Å²) in [6.45, 7) is 5.46. The summed E-state index contributed by atoms with van der Waals surface area (Å²) in [7, 11) is 0. The van der Waals surface area contributed by atoms with Crippen LogP contribution in [0, 0.1) is 6.07 Å². The molecule has 0 atom stereocenters. The van der Waals surface area contributed by atoms with Crippen molar-refractivity contribution in [2.45, 2.75) is 26.4 Å². The first-order chi connectivity index (χ1) is 6.87. The molecule has 1 rings (SSSR count). The van der Waals surface area contributed by atoms with Crippen LogP contribution in [-0.2, 0) is 4.74 Å². The summed E-state index contributed by atoms with van der Waals surface area (Å²) in [4.78, 5) is 11.4. The zero-order valence-corrected chi connectivity index (χ0v) is 10.5. The lowest BCUT2D eigenvalue weighted by molar-refractivity contribution is 0.0636. The molecule has 81 valence electrons. The van der Waals surface area contributed by atoms with E-state index in [9.17, 15) is 4.79 Å². The highest BCUT2D eigenvalue weighted by molar-refractivity contribution is 9.10. The van der Waals surface area contributed by atoms with Gasteiger partial charge in [-0.25, -0.2) is 4.79 Å². The summed E-state index contributed by atoms with van der Waals surface area (Å²) in [5.74, 6) is 0. The first kappa shape index (κ1) is 12.0. The summed E-state index contributed by atoms with van der Waals surface area (Å²) >= 11 is 3.29. The van der Waals surface area contributed by atoms with Gasteiger partial charge in [-0.05, 0) is 45.0 Å². The third kappa shape index (κ3) is 4.83. The van der Waals surface area contributed by atoms with E-state index in [-0.39, 0.29) is 0 Å². The van der Waals surface area contributed by atoms with Gasteiger partial charge in [0.2, 0.25) is 0 Å². The maximum Gasteiger partial charge on any atom is 0.412 e. The summed E-state index contributed by atoms with van der Waals surface area (Å²) in [5.41, 5.74) is 0.165. The number of anilines is 1. The predicted molar refractivity (Wildman–Crippen MR) is 62.8 cm³/mol. The van der Waals surface area contributed by atoms with Crippen molar-refractivity contribution in [3.05, 3.63) is 28.7 Å². The van der Waals surface area contributed by atoms with Crippen molar-refractivity contribution >= 4 is 27.7 Å². The highest BCUT2D eigenvalue weighted by Gasteiger charge is 2.15. The Hall–Kier alpha value is -1.03. The van der Waals surface area contributed by atoms with E-state index in [1.165, 1.54) is 0 Å². The molecule has 0 aliphatic carbocycles. The molecule has 0 heterocycles. The molecular formula is C11H13BrNO2. The molecular weight excluding hydrogens is 258 g/mol. The fraction of sp³-hybridized carbons (Fsp3) is 0.364. The molecule has 1 radical (unpaired) electrons. The number of benzene rings is 1. The first-order valence-corrected chi connectivity index (χ1v) is 5.33. The van der Waals surface area contributed by atoms with Gasteiger partial charge in [-0.15, -0.1) is 0 Å². The van der Waals surface area contributed by atoms with Crippen LogP contribution in [0.1, 0.15) is 20.8 Å². The van der Waals surface area contributed by atoms with Crippen LogP contribution < -0.4 is 5.32 Å². The van der Waals surface area contributed by atoms with E-state index in [2.05, 4.69) is 27.3 Å². The van der Waals surface area contributed by atoms with E-state index >= 15 is 0 Å². The van der Waals surface area contributed by atoms with Crippen molar-refractivity contribution in [1.29, 1.82) is 0 Å². The molecule has 0 saturated carbocycles. The van der Waals surface area contributed by atoms with Crippen LogP contribution in [0.5, 0.6) is 0 Å². The van der Waals surface area contributed by atoms with E-state index in [1.807, 2.05) is 20.8 Å². The zero-order valence-electron chi connectivity index (χ0n) is 8.93. The second kappa shape index (κ2) is 4.66. The molecule has 3 nitrogen and oxygen atoms in total. The summed E-state index contributed by atoms with van der Waals surface area (Å²) in [6, 6.07) is 8.10. The van der Waals surface area contributed by atoms with Crippen molar-refractivity contribution in [3.63, 3.8) is 0 Å². The fourth-order valence-corrected chi connectivity index (χ4v) is 1.32. The van der Waals surface area contributed by atoms with Gasteiger partial charge < -0.3 is 4.74 Å². The number of ether oxygens (including phenoxy) is 1. The summed E-state index contributed by atoms with van der Waals surface area (Å²) in [6.07, 6.45) is -0.464. The minimum absolute atomic E-state index is 0.464. The minimum atomic E-state index is -0.486. The number of halogens is 1. The van der Waals surface area contributed by atoms with E-state index in [0.717, 1.165) is 4.47 Å². The molecule has 1 amide bonds. The minimum Gasteiger partial charge on any atom is -0.444 e. The molecule has 0 aliphatic rings. The van der Waals surface area contributed by atoms with Crippen molar-refractivity contribution < 1.29 is 9.53 Å². The molecule has 0 aromatic heterocycles. The topological polar surface area (TPSA) is 38.3 Å². The predicted octanol–water partition coefficient (Wildman–Crippen LogP) is 3.60. The van der Waals surface area contributed by atoms with Crippen LogP contribution in [-0.4, -0.2) is 11.7 Å². The van der Waals surface area contributed by atoms with Gasteiger partial charge in [-0.2, -0.15) is 0 Å². The van der Waals surface area contributed by atoms with Crippen LogP contribution in [0.3, 0.4) is 0 Å². The molecule has 15 heavy (non-hydrogen) atoms. The highest BCUT2D eigenvalue weighted by Crippen LogP contribution is 2.16. The average molecular weight is 271 g/mol.